The fourth-order valence-corrected chi connectivity index (χ4v) is 4.21. The molecule has 1 aromatic heterocycles. The van der Waals surface area contributed by atoms with Gasteiger partial charge in [0.15, 0.2) is 5.17 Å². The van der Waals surface area contributed by atoms with Crippen LogP contribution in [0.25, 0.3) is 0 Å². The number of nitrogens with one attached hydrogen (secondary N) is 1. The Hall–Kier alpha value is -0.810. The van der Waals surface area contributed by atoms with Gasteiger partial charge in [0.2, 0.25) is 0 Å². The Balaban J connectivity index is 1.74. The van der Waals surface area contributed by atoms with E-state index in [2.05, 4.69) is 23.3 Å². The molecular formula is C13H16N2OS2. The third-order valence-electron chi connectivity index (χ3n) is 3.36. The molecule has 0 aromatic carbocycles. The van der Waals surface area contributed by atoms with E-state index in [1.54, 1.807) is 23.1 Å². The molecule has 1 unspecified atom stereocenters. The van der Waals surface area contributed by atoms with Gasteiger partial charge in [-0.15, -0.1) is 11.3 Å². The van der Waals surface area contributed by atoms with Crippen molar-refractivity contribution in [1.29, 1.82) is 0 Å². The van der Waals surface area contributed by atoms with Crippen LogP contribution < -0.4 is 5.32 Å². The molecule has 0 saturated heterocycles. The van der Waals surface area contributed by atoms with Gasteiger partial charge in [0.05, 0.1) is 11.4 Å². The van der Waals surface area contributed by atoms with Crippen LogP contribution in [0.15, 0.2) is 11.1 Å². The second kappa shape index (κ2) is 5.05. The zero-order chi connectivity index (χ0) is 12.5. The van der Waals surface area contributed by atoms with E-state index in [4.69, 9.17) is 0 Å². The number of amides is 1. The maximum atomic E-state index is 12.1. The number of hydrogen-bond donors (Lipinski definition) is 1. The average molecular weight is 280 g/mol. The monoisotopic (exact) mass is 280 g/mol. The van der Waals surface area contributed by atoms with Crippen LogP contribution in [-0.4, -0.2) is 23.4 Å². The Labute approximate surface area is 115 Å². The summed E-state index contributed by atoms with van der Waals surface area (Å²) in [6.07, 6.45) is 3.50. The van der Waals surface area contributed by atoms with E-state index >= 15 is 0 Å². The molecule has 1 N–H and O–H groups in total. The van der Waals surface area contributed by atoms with Crippen LogP contribution in [0.2, 0.25) is 0 Å². The van der Waals surface area contributed by atoms with E-state index in [9.17, 15) is 4.79 Å². The molecule has 1 amide bonds. The SMILES string of the molecule is CC1CCc2sc(C(=O)NC3=NCCS3)cc2C1. The van der Waals surface area contributed by atoms with Crippen molar-refractivity contribution in [1.82, 2.24) is 5.32 Å². The molecule has 0 radical (unpaired) electrons. The summed E-state index contributed by atoms with van der Waals surface area (Å²) in [7, 11) is 0. The third kappa shape index (κ3) is 2.47. The zero-order valence-electron chi connectivity index (χ0n) is 10.4. The summed E-state index contributed by atoms with van der Waals surface area (Å²) in [5.74, 6) is 1.74. The predicted molar refractivity (Wildman–Crippen MR) is 77.7 cm³/mol. The summed E-state index contributed by atoms with van der Waals surface area (Å²) in [6, 6.07) is 2.07. The number of hydrogen-bond acceptors (Lipinski definition) is 4. The number of fused-ring (bicyclic) bond motifs is 1. The first-order chi connectivity index (χ1) is 8.72. The van der Waals surface area contributed by atoms with Crippen molar-refractivity contribution in [2.75, 3.05) is 12.3 Å². The van der Waals surface area contributed by atoms with Gasteiger partial charge in [0.1, 0.15) is 0 Å². The van der Waals surface area contributed by atoms with Crippen LogP contribution in [0.4, 0.5) is 0 Å². The molecule has 0 fully saturated rings. The third-order valence-corrected chi connectivity index (χ3v) is 5.49. The van der Waals surface area contributed by atoms with E-state index in [0.717, 1.165) is 41.1 Å². The van der Waals surface area contributed by atoms with Crippen LogP contribution >= 0.6 is 23.1 Å². The lowest BCUT2D eigenvalue weighted by Crippen LogP contribution is -2.26. The summed E-state index contributed by atoms with van der Waals surface area (Å²) in [5.41, 5.74) is 1.38. The van der Waals surface area contributed by atoms with Crippen LogP contribution in [0.1, 0.15) is 33.5 Å². The number of thiophene rings is 1. The number of nitrogens with zero attached hydrogens (tertiary/aromatic N) is 1. The Kier molecular flexibility index (Phi) is 3.43. The van der Waals surface area contributed by atoms with Crippen molar-refractivity contribution in [2.24, 2.45) is 10.9 Å². The van der Waals surface area contributed by atoms with E-state index in [1.165, 1.54) is 16.9 Å². The van der Waals surface area contributed by atoms with E-state index < -0.39 is 0 Å². The highest BCUT2D eigenvalue weighted by molar-refractivity contribution is 8.14. The molecular weight excluding hydrogens is 264 g/mol. The normalized spacial score (nSPS) is 22.5. The lowest BCUT2D eigenvalue weighted by molar-refractivity contribution is 0.0982. The number of rotatable bonds is 1. The zero-order valence-corrected chi connectivity index (χ0v) is 12.0. The molecule has 2 aliphatic rings. The van der Waals surface area contributed by atoms with Crippen molar-refractivity contribution in [3.05, 3.63) is 21.4 Å². The summed E-state index contributed by atoms with van der Waals surface area (Å²) in [4.78, 5) is 18.6. The highest BCUT2D eigenvalue weighted by Gasteiger charge is 2.21. The van der Waals surface area contributed by atoms with Crippen LogP contribution in [0.3, 0.4) is 0 Å². The maximum absolute atomic E-state index is 12.1. The smallest absolute Gasteiger partial charge is 0.267 e. The predicted octanol–water partition coefficient (Wildman–Crippen LogP) is 2.71. The van der Waals surface area contributed by atoms with Gasteiger partial charge >= 0.3 is 0 Å². The number of amidine groups is 1. The first-order valence-electron chi connectivity index (χ1n) is 6.32. The molecule has 3 nitrogen and oxygen atoms in total. The lowest BCUT2D eigenvalue weighted by Gasteiger charge is -2.16. The van der Waals surface area contributed by atoms with Gasteiger partial charge in [0.25, 0.3) is 5.91 Å². The minimum atomic E-state index is 0.00945. The largest absolute Gasteiger partial charge is 0.301 e. The van der Waals surface area contributed by atoms with Gasteiger partial charge in [-0.2, -0.15) is 0 Å². The van der Waals surface area contributed by atoms with Crippen molar-refractivity contribution < 1.29 is 4.79 Å². The standard InChI is InChI=1S/C13H16N2OS2/c1-8-2-3-10-9(6-8)7-11(18-10)12(16)15-13-14-4-5-17-13/h7-8H,2-6H2,1H3,(H,14,15,16). The van der Waals surface area contributed by atoms with Crippen molar-refractivity contribution >= 4 is 34.2 Å². The second-order valence-electron chi connectivity index (χ2n) is 4.90. The van der Waals surface area contributed by atoms with E-state index in [0.29, 0.717) is 0 Å². The molecule has 0 bridgehead atoms. The fourth-order valence-electron chi connectivity index (χ4n) is 2.39. The number of carbonyl (C=O) groups excluding carboxylic acids is 1. The van der Waals surface area contributed by atoms with Gasteiger partial charge in [-0.25, -0.2) is 0 Å². The Morgan fingerprint density at radius 1 is 1.56 bits per heavy atom. The summed E-state index contributed by atoms with van der Waals surface area (Å²) in [5, 5.41) is 3.68. The number of carbonyl (C=O) groups is 1. The topological polar surface area (TPSA) is 41.5 Å². The van der Waals surface area contributed by atoms with Crippen molar-refractivity contribution in [3.63, 3.8) is 0 Å². The molecule has 0 spiro atoms. The molecule has 1 atom stereocenters. The Morgan fingerprint density at radius 2 is 2.44 bits per heavy atom. The number of aryl methyl sites for hydroxylation is 1. The number of thioether (sulfide) groups is 1. The minimum Gasteiger partial charge on any atom is -0.301 e. The first-order valence-corrected chi connectivity index (χ1v) is 8.13. The maximum Gasteiger partial charge on any atom is 0.267 e. The average Bonchev–Trinajstić information content (AvgIpc) is 2.96. The van der Waals surface area contributed by atoms with Gasteiger partial charge in [-0.3, -0.25) is 9.79 Å². The summed E-state index contributed by atoms with van der Waals surface area (Å²) in [6.45, 7) is 3.10. The molecule has 1 aromatic rings. The Bertz CT molecular complexity index is 507. The minimum absolute atomic E-state index is 0.00945. The van der Waals surface area contributed by atoms with Crippen LogP contribution in [-0.2, 0) is 12.8 Å². The molecule has 18 heavy (non-hydrogen) atoms. The summed E-state index contributed by atoms with van der Waals surface area (Å²) < 4.78 is 0. The number of aliphatic imine (C=N–C) groups is 1. The highest BCUT2D eigenvalue weighted by atomic mass is 32.2. The summed E-state index contributed by atoms with van der Waals surface area (Å²) >= 11 is 3.28. The quantitative estimate of drug-likeness (QED) is 0.859. The highest BCUT2D eigenvalue weighted by Crippen LogP contribution is 2.32. The lowest BCUT2D eigenvalue weighted by atomic mass is 9.90. The Morgan fingerprint density at radius 3 is 3.22 bits per heavy atom. The van der Waals surface area contributed by atoms with E-state index in [-0.39, 0.29) is 5.91 Å². The first kappa shape index (κ1) is 12.2. The molecule has 3 rings (SSSR count). The van der Waals surface area contributed by atoms with Gasteiger partial charge in [-0.05, 0) is 36.8 Å². The molecule has 5 heteroatoms. The molecule has 1 aliphatic carbocycles. The molecule has 2 heterocycles. The molecule has 96 valence electrons. The fraction of sp³-hybridized carbons (Fsp3) is 0.538. The molecule has 1 aliphatic heterocycles. The van der Waals surface area contributed by atoms with Crippen molar-refractivity contribution in [3.8, 4) is 0 Å². The van der Waals surface area contributed by atoms with Gasteiger partial charge in [-0.1, -0.05) is 18.7 Å². The van der Waals surface area contributed by atoms with Gasteiger partial charge < -0.3 is 5.32 Å². The van der Waals surface area contributed by atoms with E-state index in [1.807, 2.05) is 0 Å². The second-order valence-corrected chi connectivity index (χ2v) is 7.12. The van der Waals surface area contributed by atoms with Crippen LogP contribution in [0.5, 0.6) is 0 Å². The van der Waals surface area contributed by atoms with Crippen molar-refractivity contribution in [2.45, 2.75) is 26.2 Å². The van der Waals surface area contributed by atoms with Crippen LogP contribution in [0, 0.1) is 5.92 Å². The van der Waals surface area contributed by atoms with Gasteiger partial charge in [0, 0.05) is 10.6 Å². The molecule has 0 saturated carbocycles.